The van der Waals surface area contributed by atoms with E-state index in [0.29, 0.717) is 24.5 Å². The molecule has 0 bridgehead atoms. The summed E-state index contributed by atoms with van der Waals surface area (Å²) in [5.74, 6) is -0.0607. The van der Waals surface area contributed by atoms with Crippen molar-refractivity contribution in [3.63, 3.8) is 0 Å². The van der Waals surface area contributed by atoms with E-state index in [0.717, 1.165) is 13.1 Å². The first-order valence-corrected chi connectivity index (χ1v) is 8.64. The zero-order chi connectivity index (χ0) is 18.8. The third-order valence-corrected chi connectivity index (χ3v) is 4.81. The van der Waals surface area contributed by atoms with Gasteiger partial charge >= 0.3 is 5.69 Å². The van der Waals surface area contributed by atoms with E-state index >= 15 is 0 Å². The van der Waals surface area contributed by atoms with E-state index in [2.05, 4.69) is 35.1 Å². The van der Waals surface area contributed by atoms with Crippen LogP contribution < -0.4 is 4.90 Å². The molecule has 0 aliphatic carbocycles. The topological polar surface area (TPSA) is 84.5 Å². The van der Waals surface area contributed by atoms with E-state index in [1.807, 2.05) is 6.07 Å². The standard InChI is InChI=1S/C18H23N5O3/c1-13-5-4-6-16(11-13)20-7-9-21(10-8-20)17(24)12-22-15(3)18(23(25)26)14(2)19-22/h4-6,11H,7-10,12H2,1-3H3. The lowest BCUT2D eigenvalue weighted by molar-refractivity contribution is -0.386. The van der Waals surface area contributed by atoms with Crippen molar-refractivity contribution in [1.29, 1.82) is 0 Å². The molecule has 2 heterocycles. The predicted molar refractivity (Wildman–Crippen MR) is 98.3 cm³/mol. The Morgan fingerprint density at radius 3 is 2.46 bits per heavy atom. The summed E-state index contributed by atoms with van der Waals surface area (Å²) in [6.07, 6.45) is 0. The summed E-state index contributed by atoms with van der Waals surface area (Å²) < 4.78 is 1.43. The number of nitro groups is 1. The summed E-state index contributed by atoms with van der Waals surface area (Å²) in [5, 5.41) is 15.2. The largest absolute Gasteiger partial charge is 0.368 e. The SMILES string of the molecule is Cc1cccc(N2CCN(C(=O)Cn3nc(C)c([N+](=O)[O-])c3C)CC2)c1. The van der Waals surface area contributed by atoms with Gasteiger partial charge in [0.05, 0.1) is 4.92 Å². The van der Waals surface area contributed by atoms with E-state index in [1.165, 1.54) is 15.9 Å². The number of hydrogen-bond acceptors (Lipinski definition) is 5. The number of aryl methyl sites for hydroxylation is 2. The van der Waals surface area contributed by atoms with Crippen molar-refractivity contribution >= 4 is 17.3 Å². The maximum absolute atomic E-state index is 12.6. The molecule has 1 saturated heterocycles. The molecule has 138 valence electrons. The molecule has 0 atom stereocenters. The number of nitrogens with zero attached hydrogens (tertiary/aromatic N) is 5. The Kier molecular flexibility index (Phi) is 4.92. The molecule has 8 nitrogen and oxygen atoms in total. The summed E-state index contributed by atoms with van der Waals surface area (Å²) >= 11 is 0. The van der Waals surface area contributed by atoms with Crippen molar-refractivity contribution in [2.45, 2.75) is 27.3 Å². The molecule has 0 unspecified atom stereocenters. The van der Waals surface area contributed by atoms with E-state index < -0.39 is 4.92 Å². The van der Waals surface area contributed by atoms with Gasteiger partial charge in [-0.25, -0.2) is 0 Å². The summed E-state index contributed by atoms with van der Waals surface area (Å²) in [5.41, 5.74) is 3.13. The first-order chi connectivity index (χ1) is 12.4. The van der Waals surface area contributed by atoms with Crippen molar-refractivity contribution in [3.05, 3.63) is 51.3 Å². The van der Waals surface area contributed by atoms with Gasteiger partial charge in [0.1, 0.15) is 17.9 Å². The number of aromatic nitrogens is 2. The second-order valence-electron chi connectivity index (χ2n) is 6.64. The molecule has 0 radical (unpaired) electrons. The Balaban J connectivity index is 1.62. The van der Waals surface area contributed by atoms with Crippen LogP contribution in [0.25, 0.3) is 0 Å². The van der Waals surface area contributed by atoms with Crippen LogP contribution in [-0.4, -0.2) is 51.7 Å². The highest BCUT2D eigenvalue weighted by molar-refractivity contribution is 5.76. The fourth-order valence-electron chi connectivity index (χ4n) is 3.37. The Hall–Kier alpha value is -2.90. The van der Waals surface area contributed by atoms with E-state index in [-0.39, 0.29) is 18.1 Å². The van der Waals surface area contributed by atoms with Gasteiger partial charge < -0.3 is 9.80 Å². The molecule has 2 aromatic rings. The van der Waals surface area contributed by atoms with Crippen molar-refractivity contribution in [3.8, 4) is 0 Å². The van der Waals surface area contributed by atoms with Crippen LogP contribution >= 0.6 is 0 Å². The van der Waals surface area contributed by atoms with Gasteiger partial charge in [-0.1, -0.05) is 12.1 Å². The molecule has 1 fully saturated rings. The minimum Gasteiger partial charge on any atom is -0.368 e. The number of benzene rings is 1. The fraction of sp³-hybridized carbons (Fsp3) is 0.444. The molecule has 0 spiro atoms. The third kappa shape index (κ3) is 3.54. The molecule has 0 saturated carbocycles. The Bertz CT molecular complexity index is 837. The highest BCUT2D eigenvalue weighted by Crippen LogP contribution is 2.22. The first-order valence-electron chi connectivity index (χ1n) is 8.64. The summed E-state index contributed by atoms with van der Waals surface area (Å²) in [6, 6.07) is 8.33. The lowest BCUT2D eigenvalue weighted by atomic mass is 10.2. The van der Waals surface area contributed by atoms with Crippen LogP contribution in [0.15, 0.2) is 24.3 Å². The number of carbonyl (C=O) groups is 1. The normalized spacial score (nSPS) is 14.6. The smallest absolute Gasteiger partial charge is 0.312 e. The van der Waals surface area contributed by atoms with E-state index in [9.17, 15) is 14.9 Å². The zero-order valence-electron chi connectivity index (χ0n) is 15.3. The van der Waals surface area contributed by atoms with E-state index in [1.54, 1.807) is 18.7 Å². The first kappa shape index (κ1) is 17.9. The second kappa shape index (κ2) is 7.15. The minimum absolute atomic E-state index is 0.0120. The number of rotatable bonds is 4. The van der Waals surface area contributed by atoms with Gasteiger partial charge in [-0.3, -0.25) is 19.6 Å². The van der Waals surface area contributed by atoms with Gasteiger partial charge in [0.15, 0.2) is 0 Å². The van der Waals surface area contributed by atoms with Crippen LogP contribution in [0.2, 0.25) is 0 Å². The predicted octanol–water partition coefficient (Wildman–Crippen LogP) is 2.07. The Morgan fingerprint density at radius 2 is 1.88 bits per heavy atom. The van der Waals surface area contributed by atoms with Crippen LogP contribution in [0.1, 0.15) is 17.0 Å². The van der Waals surface area contributed by atoms with Crippen LogP contribution in [-0.2, 0) is 11.3 Å². The molecule has 1 aliphatic heterocycles. The molecule has 1 amide bonds. The van der Waals surface area contributed by atoms with Crippen molar-refractivity contribution < 1.29 is 9.72 Å². The van der Waals surface area contributed by atoms with E-state index in [4.69, 9.17) is 0 Å². The van der Waals surface area contributed by atoms with Gasteiger partial charge in [0.2, 0.25) is 5.91 Å². The maximum Gasteiger partial charge on any atom is 0.312 e. The average Bonchev–Trinajstić information content (AvgIpc) is 2.88. The fourth-order valence-corrected chi connectivity index (χ4v) is 3.37. The quantitative estimate of drug-likeness (QED) is 0.618. The zero-order valence-corrected chi connectivity index (χ0v) is 15.3. The molecule has 26 heavy (non-hydrogen) atoms. The number of anilines is 1. The monoisotopic (exact) mass is 357 g/mol. The second-order valence-corrected chi connectivity index (χ2v) is 6.64. The van der Waals surface area contributed by atoms with Gasteiger partial charge in [-0.2, -0.15) is 5.10 Å². The lowest BCUT2D eigenvalue weighted by Gasteiger charge is -2.36. The molecule has 1 aliphatic rings. The van der Waals surface area contributed by atoms with Crippen molar-refractivity contribution in [2.75, 3.05) is 31.1 Å². The van der Waals surface area contributed by atoms with Gasteiger partial charge in [0, 0.05) is 31.9 Å². The molecule has 1 aromatic heterocycles. The molecule has 3 rings (SSSR count). The number of amides is 1. The molecular formula is C18H23N5O3. The number of piperazine rings is 1. The molecule has 0 N–H and O–H groups in total. The average molecular weight is 357 g/mol. The number of hydrogen-bond donors (Lipinski definition) is 0. The van der Waals surface area contributed by atoms with Crippen LogP contribution in [0, 0.1) is 30.9 Å². The summed E-state index contributed by atoms with van der Waals surface area (Å²) in [7, 11) is 0. The van der Waals surface area contributed by atoms with Gasteiger partial charge in [-0.15, -0.1) is 0 Å². The number of carbonyl (C=O) groups excluding carboxylic acids is 1. The highest BCUT2D eigenvalue weighted by Gasteiger charge is 2.26. The molecule has 1 aromatic carbocycles. The maximum atomic E-state index is 12.6. The lowest BCUT2D eigenvalue weighted by Crippen LogP contribution is -2.49. The molecule has 8 heteroatoms. The van der Waals surface area contributed by atoms with Crippen LogP contribution in [0.3, 0.4) is 0 Å². The summed E-state index contributed by atoms with van der Waals surface area (Å²) in [6.45, 7) is 8.12. The van der Waals surface area contributed by atoms with Gasteiger partial charge in [-0.05, 0) is 38.5 Å². The molecular weight excluding hydrogens is 334 g/mol. The van der Waals surface area contributed by atoms with Crippen LogP contribution in [0.4, 0.5) is 11.4 Å². The third-order valence-electron chi connectivity index (χ3n) is 4.81. The van der Waals surface area contributed by atoms with Gasteiger partial charge in [0.25, 0.3) is 0 Å². The van der Waals surface area contributed by atoms with Crippen LogP contribution in [0.5, 0.6) is 0 Å². The highest BCUT2D eigenvalue weighted by atomic mass is 16.6. The Morgan fingerprint density at radius 1 is 1.19 bits per heavy atom. The summed E-state index contributed by atoms with van der Waals surface area (Å²) in [4.78, 5) is 27.3. The minimum atomic E-state index is -0.445. The van der Waals surface area contributed by atoms with Crippen molar-refractivity contribution in [2.24, 2.45) is 0 Å². The Labute approximate surface area is 152 Å². The van der Waals surface area contributed by atoms with Crippen molar-refractivity contribution in [1.82, 2.24) is 14.7 Å².